The smallest absolute Gasteiger partial charge is 0.410 e. The van der Waals surface area contributed by atoms with Gasteiger partial charge in [0.15, 0.2) is 0 Å². The lowest BCUT2D eigenvalue weighted by atomic mass is 9.93. The van der Waals surface area contributed by atoms with Crippen molar-refractivity contribution in [3.05, 3.63) is 71.3 Å². The minimum Gasteiger partial charge on any atom is -0.448 e. The van der Waals surface area contributed by atoms with Gasteiger partial charge in [-0.2, -0.15) is 0 Å². The fourth-order valence-electron chi connectivity index (χ4n) is 5.24. The van der Waals surface area contributed by atoms with Gasteiger partial charge in [-0.1, -0.05) is 74.0 Å². The van der Waals surface area contributed by atoms with Crippen molar-refractivity contribution < 1.29 is 9.53 Å². The Hall–Kier alpha value is -2.55. The second-order valence-corrected chi connectivity index (χ2v) is 8.61. The normalized spacial score (nSPS) is 22.8. The topological polar surface area (TPSA) is 29.5 Å². The summed E-state index contributed by atoms with van der Waals surface area (Å²) in [7, 11) is 0. The van der Waals surface area contributed by atoms with E-state index in [-0.39, 0.29) is 18.1 Å². The Bertz CT molecular complexity index is 900. The summed E-state index contributed by atoms with van der Waals surface area (Å²) in [4.78, 5) is 15.0. The van der Waals surface area contributed by atoms with Crippen molar-refractivity contribution in [3.63, 3.8) is 0 Å². The Kier molecular flexibility index (Phi) is 4.26. The van der Waals surface area contributed by atoms with E-state index >= 15 is 0 Å². The second-order valence-electron chi connectivity index (χ2n) is 8.61. The number of fused-ring (bicyclic) bond motifs is 5. The molecule has 0 saturated carbocycles. The van der Waals surface area contributed by atoms with Crippen molar-refractivity contribution in [2.24, 2.45) is 5.92 Å². The third kappa shape index (κ3) is 2.76. The molecule has 0 N–H and O–H groups in total. The molecule has 3 nitrogen and oxygen atoms in total. The van der Waals surface area contributed by atoms with Crippen molar-refractivity contribution in [1.29, 1.82) is 0 Å². The van der Waals surface area contributed by atoms with E-state index in [4.69, 9.17) is 4.74 Å². The van der Waals surface area contributed by atoms with Crippen LogP contribution in [0.3, 0.4) is 0 Å². The van der Waals surface area contributed by atoms with E-state index in [1.165, 1.54) is 27.8 Å². The molecule has 2 atom stereocenters. The third-order valence-electron chi connectivity index (χ3n) is 6.71. The first kappa shape index (κ1) is 17.5. The van der Waals surface area contributed by atoms with Crippen LogP contribution in [-0.2, 0) is 4.74 Å². The minimum atomic E-state index is -0.145. The van der Waals surface area contributed by atoms with Gasteiger partial charge in [0.2, 0.25) is 0 Å². The van der Waals surface area contributed by atoms with Gasteiger partial charge in [-0.3, -0.25) is 4.90 Å². The summed E-state index contributed by atoms with van der Waals surface area (Å²) in [5, 5.41) is 0. The summed E-state index contributed by atoms with van der Waals surface area (Å²) in [5.74, 6) is 0.688. The van der Waals surface area contributed by atoms with Crippen molar-refractivity contribution in [3.8, 4) is 11.1 Å². The van der Waals surface area contributed by atoms with Gasteiger partial charge < -0.3 is 4.74 Å². The van der Waals surface area contributed by atoms with Gasteiger partial charge in [0, 0.05) is 12.0 Å². The monoisotopic (exact) mass is 373 g/mol. The molecule has 2 aromatic rings. The maximum atomic E-state index is 13.0. The number of rotatable bonds is 3. The molecular formula is C25H27NO2. The molecule has 28 heavy (non-hydrogen) atoms. The average molecular weight is 373 g/mol. The van der Waals surface area contributed by atoms with Crippen LogP contribution in [0.5, 0.6) is 0 Å². The molecule has 0 radical (unpaired) electrons. The summed E-state index contributed by atoms with van der Waals surface area (Å²) in [6, 6.07) is 17.5. The van der Waals surface area contributed by atoms with Crippen LogP contribution in [0.4, 0.5) is 4.79 Å². The predicted octanol–water partition coefficient (Wildman–Crippen LogP) is 5.75. The van der Waals surface area contributed by atoms with Gasteiger partial charge in [-0.05, 0) is 47.4 Å². The number of ether oxygens (including phenoxy) is 1. The molecule has 2 aromatic carbocycles. The predicted molar refractivity (Wildman–Crippen MR) is 111 cm³/mol. The summed E-state index contributed by atoms with van der Waals surface area (Å²) < 4.78 is 5.91. The van der Waals surface area contributed by atoms with Crippen LogP contribution < -0.4 is 0 Å². The van der Waals surface area contributed by atoms with E-state index in [0.29, 0.717) is 18.6 Å². The molecule has 0 spiro atoms. The Labute approximate surface area is 167 Å². The Morgan fingerprint density at radius 2 is 1.68 bits per heavy atom. The largest absolute Gasteiger partial charge is 0.448 e. The fourth-order valence-corrected chi connectivity index (χ4v) is 5.24. The summed E-state index contributed by atoms with van der Waals surface area (Å²) in [6.07, 6.45) is 5.31. The van der Waals surface area contributed by atoms with E-state index < -0.39 is 0 Å². The van der Waals surface area contributed by atoms with Gasteiger partial charge in [-0.15, -0.1) is 0 Å². The van der Waals surface area contributed by atoms with Crippen LogP contribution in [0.2, 0.25) is 0 Å². The first-order valence-electron chi connectivity index (χ1n) is 10.5. The van der Waals surface area contributed by atoms with Gasteiger partial charge in [0.05, 0.1) is 6.04 Å². The molecule has 2 unspecified atom stereocenters. The molecule has 2 heterocycles. The lowest BCUT2D eigenvalue weighted by Gasteiger charge is -2.34. The molecule has 144 valence electrons. The highest BCUT2D eigenvalue weighted by atomic mass is 16.6. The van der Waals surface area contributed by atoms with Gasteiger partial charge in [0.1, 0.15) is 6.61 Å². The summed E-state index contributed by atoms with van der Waals surface area (Å²) in [5.41, 5.74) is 6.55. The number of benzene rings is 2. The molecule has 1 aliphatic carbocycles. The standard InChI is InChI=1S/C25H27NO2/c1-16(2)17-13-18-11-12-19(14-17)26(18)25(27)28-15-24-22-9-5-3-7-20(22)21-8-4-6-10-23(21)24/h3-10,13,16,18-19,24H,11-12,14-15H2,1-2H3. The van der Waals surface area contributed by atoms with E-state index in [1.54, 1.807) is 0 Å². The van der Waals surface area contributed by atoms with Gasteiger partial charge in [-0.25, -0.2) is 4.79 Å². The van der Waals surface area contributed by atoms with E-state index in [9.17, 15) is 4.79 Å². The van der Waals surface area contributed by atoms with Crippen LogP contribution in [0.15, 0.2) is 60.2 Å². The maximum Gasteiger partial charge on any atom is 0.410 e. The highest BCUT2D eigenvalue weighted by molar-refractivity contribution is 5.79. The Morgan fingerprint density at radius 1 is 1.04 bits per heavy atom. The van der Waals surface area contributed by atoms with Crippen LogP contribution in [0.1, 0.15) is 50.2 Å². The highest BCUT2D eigenvalue weighted by Gasteiger charge is 2.41. The summed E-state index contributed by atoms with van der Waals surface area (Å²) in [6.45, 7) is 4.89. The zero-order chi connectivity index (χ0) is 19.3. The first-order chi connectivity index (χ1) is 13.6. The Morgan fingerprint density at radius 3 is 2.29 bits per heavy atom. The van der Waals surface area contributed by atoms with Crippen LogP contribution in [0, 0.1) is 5.92 Å². The van der Waals surface area contributed by atoms with Crippen molar-refractivity contribution in [2.75, 3.05) is 6.61 Å². The molecular weight excluding hydrogens is 346 g/mol. The number of nitrogens with zero attached hydrogens (tertiary/aromatic N) is 1. The number of hydrogen-bond donors (Lipinski definition) is 0. The lowest BCUT2D eigenvalue weighted by Crippen LogP contribution is -2.44. The van der Waals surface area contributed by atoms with Crippen LogP contribution in [0.25, 0.3) is 11.1 Å². The van der Waals surface area contributed by atoms with Gasteiger partial charge in [0.25, 0.3) is 0 Å². The van der Waals surface area contributed by atoms with Crippen LogP contribution in [-0.4, -0.2) is 29.7 Å². The van der Waals surface area contributed by atoms with Crippen molar-refractivity contribution >= 4 is 6.09 Å². The molecule has 1 amide bonds. The van der Waals surface area contributed by atoms with E-state index in [1.807, 2.05) is 4.90 Å². The van der Waals surface area contributed by atoms with E-state index in [2.05, 4.69) is 68.5 Å². The van der Waals surface area contributed by atoms with E-state index in [0.717, 1.165) is 19.3 Å². The van der Waals surface area contributed by atoms with Gasteiger partial charge >= 0.3 is 6.09 Å². The SMILES string of the molecule is CC(C)C1=CC2CCC(C1)N2C(=O)OCC1c2ccccc2-c2ccccc21. The molecule has 5 rings (SSSR count). The molecule has 2 aliphatic heterocycles. The number of hydrogen-bond acceptors (Lipinski definition) is 2. The second kappa shape index (κ2) is 6.80. The molecule has 3 aliphatic rings. The number of amides is 1. The number of carbonyl (C=O) groups excluding carboxylic acids is 1. The zero-order valence-corrected chi connectivity index (χ0v) is 16.6. The lowest BCUT2D eigenvalue weighted by molar-refractivity contribution is 0.0844. The molecule has 3 heteroatoms. The fraction of sp³-hybridized carbons (Fsp3) is 0.400. The Balaban J connectivity index is 1.34. The quantitative estimate of drug-likeness (QED) is 0.641. The zero-order valence-electron chi connectivity index (χ0n) is 16.6. The minimum absolute atomic E-state index is 0.126. The first-order valence-corrected chi connectivity index (χ1v) is 10.5. The highest BCUT2D eigenvalue weighted by Crippen LogP contribution is 2.45. The molecule has 2 bridgehead atoms. The van der Waals surface area contributed by atoms with Crippen molar-refractivity contribution in [1.82, 2.24) is 4.90 Å². The maximum absolute atomic E-state index is 13.0. The summed E-state index contributed by atoms with van der Waals surface area (Å²) >= 11 is 0. The third-order valence-corrected chi connectivity index (χ3v) is 6.71. The average Bonchev–Trinajstić information content (AvgIpc) is 3.17. The molecule has 1 fully saturated rings. The van der Waals surface area contributed by atoms with Crippen molar-refractivity contribution in [2.45, 2.75) is 51.1 Å². The van der Waals surface area contributed by atoms with Crippen LogP contribution >= 0.6 is 0 Å². The molecule has 0 aromatic heterocycles. The number of carbonyl (C=O) groups is 1. The molecule has 1 saturated heterocycles.